The van der Waals surface area contributed by atoms with E-state index >= 15 is 0 Å². The molecule has 0 bridgehead atoms. The van der Waals surface area contributed by atoms with E-state index < -0.39 is 0 Å². The quantitative estimate of drug-likeness (QED) is 0.586. The van der Waals surface area contributed by atoms with Crippen LogP contribution < -0.4 is 0 Å². The van der Waals surface area contributed by atoms with Gasteiger partial charge in [0.05, 0.1) is 18.6 Å². The Morgan fingerprint density at radius 1 is 1.11 bits per heavy atom. The smallest absolute Gasteiger partial charge is 0.232 e. The Kier molecular flexibility index (Phi) is 6.46. The van der Waals surface area contributed by atoms with Crippen LogP contribution in [0.1, 0.15) is 10.6 Å². The van der Waals surface area contributed by atoms with Gasteiger partial charge in [-0.05, 0) is 17.7 Å². The Labute approximate surface area is 173 Å². The third-order valence-electron chi connectivity index (χ3n) is 4.75. The van der Waals surface area contributed by atoms with Crippen LogP contribution in [-0.4, -0.2) is 52.6 Å². The summed E-state index contributed by atoms with van der Waals surface area (Å²) >= 11 is 3.35. The highest BCUT2D eigenvalue weighted by Gasteiger charge is 2.21. The lowest BCUT2D eigenvalue weighted by atomic mass is 10.2. The fourth-order valence-corrected chi connectivity index (χ4v) is 4.90. The first-order valence-electron chi connectivity index (χ1n) is 9.38. The minimum absolute atomic E-state index is 0.245. The minimum Gasteiger partial charge on any atom is -0.463 e. The summed E-state index contributed by atoms with van der Waals surface area (Å²) < 4.78 is 5.41. The van der Waals surface area contributed by atoms with Gasteiger partial charge in [-0.3, -0.25) is 9.69 Å². The molecule has 4 rings (SSSR count). The highest BCUT2D eigenvalue weighted by Crippen LogP contribution is 2.23. The summed E-state index contributed by atoms with van der Waals surface area (Å²) in [4.78, 5) is 21.5. The van der Waals surface area contributed by atoms with Gasteiger partial charge in [0, 0.05) is 37.3 Å². The van der Waals surface area contributed by atoms with Gasteiger partial charge in [-0.2, -0.15) is 0 Å². The summed E-state index contributed by atoms with van der Waals surface area (Å²) in [6, 6.07) is 14.1. The zero-order valence-corrected chi connectivity index (χ0v) is 17.3. The number of benzene rings is 1. The fraction of sp³-hybridized carbons (Fsp3) is 0.333. The van der Waals surface area contributed by atoms with Crippen molar-refractivity contribution in [3.8, 4) is 11.5 Å². The Hall–Kier alpha value is -2.09. The van der Waals surface area contributed by atoms with Crippen LogP contribution in [0.4, 0.5) is 0 Å². The van der Waals surface area contributed by atoms with Crippen molar-refractivity contribution in [2.45, 2.75) is 12.3 Å². The van der Waals surface area contributed by atoms with E-state index in [0.29, 0.717) is 5.75 Å². The molecule has 1 saturated heterocycles. The molecule has 0 atom stereocenters. The molecule has 1 amide bonds. The molecule has 3 aromatic rings. The summed E-state index contributed by atoms with van der Waals surface area (Å²) in [6.07, 6.45) is 1.67. The second-order valence-electron chi connectivity index (χ2n) is 6.74. The molecule has 0 aliphatic carbocycles. The zero-order chi connectivity index (χ0) is 19.2. The van der Waals surface area contributed by atoms with Crippen molar-refractivity contribution in [1.82, 2.24) is 14.8 Å². The molecule has 1 aliphatic heterocycles. The monoisotopic (exact) mass is 413 g/mol. The molecule has 5 nitrogen and oxygen atoms in total. The van der Waals surface area contributed by atoms with E-state index in [2.05, 4.69) is 22.0 Å². The largest absolute Gasteiger partial charge is 0.463 e. The zero-order valence-electron chi connectivity index (χ0n) is 15.6. The number of nitrogens with zero attached hydrogens (tertiary/aromatic N) is 3. The number of furan rings is 1. The molecule has 0 saturated carbocycles. The molecule has 0 unspecified atom stereocenters. The summed E-state index contributed by atoms with van der Waals surface area (Å²) in [7, 11) is 0. The molecule has 146 valence electrons. The van der Waals surface area contributed by atoms with E-state index in [1.165, 1.54) is 5.56 Å². The van der Waals surface area contributed by atoms with Crippen LogP contribution in [0.3, 0.4) is 0 Å². The molecule has 3 heterocycles. The van der Waals surface area contributed by atoms with Crippen LogP contribution in [-0.2, 0) is 17.1 Å². The lowest BCUT2D eigenvalue weighted by molar-refractivity contribution is -0.130. The first kappa shape index (κ1) is 19.2. The number of thiazole rings is 1. The van der Waals surface area contributed by atoms with Gasteiger partial charge in [0.2, 0.25) is 5.91 Å². The van der Waals surface area contributed by atoms with Gasteiger partial charge in [-0.25, -0.2) is 4.98 Å². The highest BCUT2D eigenvalue weighted by atomic mass is 32.2. The van der Waals surface area contributed by atoms with Gasteiger partial charge in [-0.1, -0.05) is 30.3 Å². The Bertz CT molecular complexity index is 872. The molecule has 7 heteroatoms. The predicted octanol–water partition coefficient (Wildman–Crippen LogP) is 3.98. The second kappa shape index (κ2) is 9.41. The van der Waals surface area contributed by atoms with Crippen molar-refractivity contribution >= 4 is 29.0 Å². The molecule has 1 aliphatic rings. The highest BCUT2D eigenvalue weighted by molar-refractivity contribution is 7.99. The van der Waals surface area contributed by atoms with Crippen LogP contribution >= 0.6 is 23.1 Å². The summed E-state index contributed by atoms with van der Waals surface area (Å²) in [5, 5.41) is 3.13. The number of amides is 1. The maximum Gasteiger partial charge on any atom is 0.232 e. The standard InChI is InChI=1S/C21H23N3O2S2/c25-21(16-27-14-17-5-2-1-3-6-17)24-10-8-23(9-11-24)13-20-22-18(15-28-20)19-7-4-12-26-19/h1-7,12,15H,8-11,13-14,16H2. The van der Waals surface area contributed by atoms with E-state index in [1.54, 1.807) is 29.4 Å². The Balaban J connectivity index is 1.19. The van der Waals surface area contributed by atoms with E-state index in [-0.39, 0.29) is 5.91 Å². The number of carbonyl (C=O) groups excluding carboxylic acids is 1. The van der Waals surface area contributed by atoms with Crippen molar-refractivity contribution in [2.75, 3.05) is 31.9 Å². The molecule has 1 aromatic carbocycles. The number of rotatable bonds is 7. The van der Waals surface area contributed by atoms with Gasteiger partial charge >= 0.3 is 0 Å². The molecule has 0 N–H and O–H groups in total. The summed E-state index contributed by atoms with van der Waals surface area (Å²) in [6.45, 7) is 4.20. The molecule has 0 spiro atoms. The predicted molar refractivity (Wildman–Crippen MR) is 114 cm³/mol. The number of hydrogen-bond acceptors (Lipinski definition) is 6. The third kappa shape index (κ3) is 5.04. The van der Waals surface area contributed by atoms with Gasteiger partial charge in [0.1, 0.15) is 10.7 Å². The van der Waals surface area contributed by atoms with Crippen LogP contribution in [0, 0.1) is 0 Å². The first-order chi connectivity index (χ1) is 13.8. The fourth-order valence-electron chi connectivity index (χ4n) is 3.19. The van der Waals surface area contributed by atoms with Crippen LogP contribution in [0.5, 0.6) is 0 Å². The molecular weight excluding hydrogens is 390 g/mol. The molecule has 2 aromatic heterocycles. The summed E-state index contributed by atoms with van der Waals surface area (Å²) in [5.74, 6) is 2.49. The van der Waals surface area contributed by atoms with Gasteiger partial charge < -0.3 is 9.32 Å². The second-order valence-corrected chi connectivity index (χ2v) is 8.67. The summed E-state index contributed by atoms with van der Waals surface area (Å²) in [5.41, 5.74) is 2.16. The van der Waals surface area contributed by atoms with E-state index in [9.17, 15) is 4.79 Å². The van der Waals surface area contributed by atoms with Gasteiger partial charge in [-0.15, -0.1) is 23.1 Å². The van der Waals surface area contributed by atoms with Crippen molar-refractivity contribution in [3.63, 3.8) is 0 Å². The SMILES string of the molecule is O=C(CSCc1ccccc1)N1CCN(Cc2nc(-c3ccco3)cs2)CC1. The van der Waals surface area contributed by atoms with Crippen LogP contribution in [0.2, 0.25) is 0 Å². The maximum absolute atomic E-state index is 12.5. The topological polar surface area (TPSA) is 49.6 Å². The van der Waals surface area contributed by atoms with Crippen LogP contribution in [0.15, 0.2) is 58.5 Å². The lowest BCUT2D eigenvalue weighted by Crippen LogP contribution is -2.48. The number of aromatic nitrogens is 1. The number of hydrogen-bond donors (Lipinski definition) is 0. The van der Waals surface area contributed by atoms with Crippen molar-refractivity contribution in [2.24, 2.45) is 0 Å². The molecule has 1 fully saturated rings. The first-order valence-corrected chi connectivity index (χ1v) is 11.4. The van der Waals surface area contributed by atoms with Gasteiger partial charge in [0.15, 0.2) is 5.76 Å². The number of thioether (sulfide) groups is 1. The average Bonchev–Trinajstić information content (AvgIpc) is 3.41. The Morgan fingerprint density at radius 3 is 2.68 bits per heavy atom. The number of piperazine rings is 1. The minimum atomic E-state index is 0.245. The van der Waals surface area contributed by atoms with Gasteiger partial charge in [0.25, 0.3) is 0 Å². The van der Waals surface area contributed by atoms with Crippen molar-refractivity contribution in [1.29, 1.82) is 0 Å². The lowest BCUT2D eigenvalue weighted by Gasteiger charge is -2.34. The maximum atomic E-state index is 12.5. The van der Waals surface area contributed by atoms with Crippen molar-refractivity contribution < 1.29 is 9.21 Å². The van der Waals surface area contributed by atoms with E-state index in [0.717, 1.165) is 54.9 Å². The molecule has 28 heavy (non-hydrogen) atoms. The molecule has 0 radical (unpaired) electrons. The number of carbonyl (C=O) groups is 1. The third-order valence-corrected chi connectivity index (χ3v) is 6.57. The Morgan fingerprint density at radius 2 is 1.93 bits per heavy atom. The van der Waals surface area contributed by atoms with E-state index in [1.807, 2.05) is 40.6 Å². The molecular formula is C21H23N3O2S2. The van der Waals surface area contributed by atoms with Crippen molar-refractivity contribution in [3.05, 3.63) is 64.7 Å². The van der Waals surface area contributed by atoms with Crippen LogP contribution in [0.25, 0.3) is 11.5 Å². The normalized spacial score (nSPS) is 15.1. The van der Waals surface area contributed by atoms with E-state index in [4.69, 9.17) is 4.42 Å². The average molecular weight is 414 g/mol.